The summed E-state index contributed by atoms with van der Waals surface area (Å²) in [7, 11) is -3.89. The Labute approximate surface area is 215 Å². The third kappa shape index (κ3) is 5.71. The molecule has 0 unspecified atom stereocenters. The van der Waals surface area contributed by atoms with E-state index in [-0.39, 0.29) is 27.9 Å². The fourth-order valence-corrected chi connectivity index (χ4v) is 4.90. The number of hydrogen-bond donors (Lipinski definition) is 3. The minimum atomic E-state index is -3.89. The van der Waals surface area contributed by atoms with Crippen LogP contribution in [0.1, 0.15) is 37.3 Å². The van der Waals surface area contributed by atoms with Crippen LogP contribution in [0.2, 0.25) is 0 Å². The lowest BCUT2D eigenvalue weighted by molar-refractivity contribution is -0.120. The van der Waals surface area contributed by atoms with Crippen molar-refractivity contribution >= 4 is 27.3 Å². The third-order valence-corrected chi connectivity index (χ3v) is 7.78. The second-order valence-corrected chi connectivity index (χ2v) is 11.2. The van der Waals surface area contributed by atoms with Crippen molar-refractivity contribution in [3.8, 4) is 11.4 Å². The number of carbonyl (C=O) groups is 1. The van der Waals surface area contributed by atoms with Crippen LogP contribution in [0.15, 0.2) is 88.3 Å². The van der Waals surface area contributed by atoms with E-state index in [1.165, 1.54) is 12.1 Å². The standard InChI is InChI=1S/C27H27N5O4S/c1-27(14-15-27)26(33)29-20-10-12-21(13-11-20)32-37(34,35)22-9-5-8-19(17-22)24-30-25(36-31-24)23(28)16-18-6-3-2-4-7-18/h2-13,17,23,32H,14-16,28H2,1H3,(H,29,33)/t23-/m0/s1. The first-order valence-corrected chi connectivity index (χ1v) is 13.4. The smallest absolute Gasteiger partial charge is 0.261 e. The Balaban J connectivity index is 1.27. The zero-order chi connectivity index (χ0) is 26.0. The molecule has 0 spiro atoms. The summed E-state index contributed by atoms with van der Waals surface area (Å²) in [6.45, 7) is 1.92. The zero-order valence-corrected chi connectivity index (χ0v) is 21.0. The average Bonchev–Trinajstić information content (AvgIpc) is 3.45. The number of amides is 1. The van der Waals surface area contributed by atoms with Gasteiger partial charge in [-0.25, -0.2) is 8.42 Å². The molecule has 1 aromatic heterocycles. The van der Waals surface area contributed by atoms with E-state index < -0.39 is 16.1 Å². The Morgan fingerprint density at radius 2 is 1.73 bits per heavy atom. The largest absolute Gasteiger partial charge is 0.337 e. The predicted molar refractivity (Wildman–Crippen MR) is 140 cm³/mol. The summed E-state index contributed by atoms with van der Waals surface area (Å²) in [5.74, 6) is 0.497. The number of nitrogens with zero attached hydrogens (tertiary/aromatic N) is 2. The number of hydrogen-bond acceptors (Lipinski definition) is 7. The SMILES string of the molecule is CC1(C(=O)Nc2ccc(NS(=O)(=O)c3cccc(-c4noc([C@@H](N)Cc5ccccc5)n4)c3)cc2)CC1. The molecular weight excluding hydrogens is 490 g/mol. The van der Waals surface area contributed by atoms with Crippen LogP contribution in [-0.2, 0) is 21.2 Å². The molecular formula is C27H27N5O4S. The van der Waals surface area contributed by atoms with Gasteiger partial charge in [-0.3, -0.25) is 9.52 Å². The maximum Gasteiger partial charge on any atom is 0.261 e. The molecule has 4 aromatic rings. The first-order valence-electron chi connectivity index (χ1n) is 11.9. The van der Waals surface area contributed by atoms with Gasteiger partial charge in [-0.2, -0.15) is 4.98 Å². The van der Waals surface area contributed by atoms with Crippen LogP contribution in [0.25, 0.3) is 11.4 Å². The molecule has 1 fully saturated rings. The molecule has 190 valence electrons. The Morgan fingerprint density at radius 1 is 1.03 bits per heavy atom. The van der Waals surface area contributed by atoms with E-state index in [0.29, 0.717) is 23.4 Å². The summed E-state index contributed by atoms with van der Waals surface area (Å²) >= 11 is 0. The summed E-state index contributed by atoms with van der Waals surface area (Å²) < 4.78 is 34.0. The van der Waals surface area contributed by atoms with Gasteiger partial charge in [-0.05, 0) is 61.2 Å². The second kappa shape index (κ2) is 9.79. The van der Waals surface area contributed by atoms with Gasteiger partial charge in [-0.1, -0.05) is 54.5 Å². The number of carbonyl (C=O) groups excluding carboxylic acids is 1. The molecule has 1 aliphatic carbocycles. The van der Waals surface area contributed by atoms with Gasteiger partial charge in [0.1, 0.15) is 0 Å². The fourth-order valence-electron chi connectivity index (χ4n) is 3.79. The van der Waals surface area contributed by atoms with Crippen molar-refractivity contribution in [3.63, 3.8) is 0 Å². The number of rotatable bonds is 9. The van der Waals surface area contributed by atoms with Gasteiger partial charge in [-0.15, -0.1) is 0 Å². The van der Waals surface area contributed by atoms with Gasteiger partial charge in [0.05, 0.1) is 10.9 Å². The summed E-state index contributed by atoms with van der Waals surface area (Å²) in [6, 6.07) is 22.1. The van der Waals surface area contributed by atoms with Gasteiger partial charge in [0, 0.05) is 22.4 Å². The molecule has 1 aliphatic rings. The molecule has 1 amide bonds. The number of sulfonamides is 1. The van der Waals surface area contributed by atoms with Crippen LogP contribution in [0.3, 0.4) is 0 Å². The topological polar surface area (TPSA) is 140 Å². The maximum atomic E-state index is 13.0. The molecule has 10 heteroatoms. The lowest BCUT2D eigenvalue weighted by atomic mass is 10.1. The monoisotopic (exact) mass is 517 g/mol. The molecule has 5 rings (SSSR count). The molecule has 37 heavy (non-hydrogen) atoms. The molecule has 0 aliphatic heterocycles. The fraction of sp³-hybridized carbons (Fsp3) is 0.222. The molecule has 1 saturated carbocycles. The molecule has 0 saturated heterocycles. The van der Waals surface area contributed by atoms with Crippen molar-refractivity contribution in [3.05, 3.63) is 90.3 Å². The molecule has 4 N–H and O–H groups in total. The van der Waals surface area contributed by atoms with E-state index in [4.69, 9.17) is 10.3 Å². The van der Waals surface area contributed by atoms with E-state index in [1.807, 2.05) is 37.3 Å². The van der Waals surface area contributed by atoms with Crippen molar-refractivity contribution in [2.45, 2.75) is 37.1 Å². The molecule has 3 aromatic carbocycles. The van der Waals surface area contributed by atoms with Crippen LogP contribution in [-0.4, -0.2) is 24.5 Å². The highest BCUT2D eigenvalue weighted by atomic mass is 32.2. The highest BCUT2D eigenvalue weighted by Gasteiger charge is 2.44. The van der Waals surface area contributed by atoms with Gasteiger partial charge in [0.25, 0.3) is 10.0 Å². The lowest BCUT2D eigenvalue weighted by Crippen LogP contribution is -2.21. The van der Waals surface area contributed by atoms with E-state index in [1.54, 1.807) is 36.4 Å². The van der Waals surface area contributed by atoms with Crippen molar-refractivity contribution in [2.24, 2.45) is 11.1 Å². The van der Waals surface area contributed by atoms with Gasteiger partial charge >= 0.3 is 0 Å². The van der Waals surface area contributed by atoms with Gasteiger partial charge < -0.3 is 15.6 Å². The quantitative estimate of drug-likeness (QED) is 0.296. The highest BCUT2D eigenvalue weighted by molar-refractivity contribution is 7.92. The molecule has 9 nitrogen and oxygen atoms in total. The van der Waals surface area contributed by atoms with Crippen molar-refractivity contribution < 1.29 is 17.7 Å². The highest BCUT2D eigenvalue weighted by Crippen LogP contribution is 2.45. The first-order chi connectivity index (χ1) is 17.7. The average molecular weight is 518 g/mol. The van der Waals surface area contributed by atoms with Crippen LogP contribution >= 0.6 is 0 Å². The summed E-state index contributed by atoms with van der Waals surface area (Å²) in [5, 5.41) is 6.86. The van der Waals surface area contributed by atoms with E-state index in [2.05, 4.69) is 20.2 Å². The van der Waals surface area contributed by atoms with Gasteiger partial charge in [0.2, 0.25) is 17.6 Å². The van der Waals surface area contributed by atoms with E-state index in [9.17, 15) is 13.2 Å². The molecule has 0 radical (unpaired) electrons. The number of nitrogens with two attached hydrogens (primary N) is 1. The minimum Gasteiger partial charge on any atom is -0.337 e. The molecule has 1 heterocycles. The van der Waals surface area contributed by atoms with Crippen LogP contribution in [0.4, 0.5) is 11.4 Å². The zero-order valence-electron chi connectivity index (χ0n) is 20.2. The summed E-state index contributed by atoms with van der Waals surface area (Å²) in [5.41, 5.74) is 8.45. The predicted octanol–water partition coefficient (Wildman–Crippen LogP) is 4.52. The number of benzene rings is 3. The van der Waals surface area contributed by atoms with Crippen molar-refractivity contribution in [2.75, 3.05) is 10.0 Å². The third-order valence-electron chi connectivity index (χ3n) is 6.40. The van der Waals surface area contributed by atoms with Crippen LogP contribution < -0.4 is 15.8 Å². The van der Waals surface area contributed by atoms with E-state index in [0.717, 1.165) is 18.4 Å². The van der Waals surface area contributed by atoms with E-state index >= 15 is 0 Å². The Morgan fingerprint density at radius 3 is 2.43 bits per heavy atom. The maximum absolute atomic E-state index is 13.0. The Bertz CT molecular complexity index is 1510. The van der Waals surface area contributed by atoms with Crippen molar-refractivity contribution in [1.82, 2.24) is 10.1 Å². The molecule has 1 atom stereocenters. The number of anilines is 2. The number of nitrogens with one attached hydrogen (secondary N) is 2. The lowest BCUT2D eigenvalue weighted by Gasteiger charge is -2.12. The molecule has 0 bridgehead atoms. The van der Waals surface area contributed by atoms with Crippen LogP contribution in [0, 0.1) is 5.41 Å². The van der Waals surface area contributed by atoms with Crippen molar-refractivity contribution in [1.29, 1.82) is 0 Å². The van der Waals surface area contributed by atoms with Gasteiger partial charge in [0.15, 0.2) is 0 Å². The first kappa shape index (κ1) is 24.7. The summed E-state index contributed by atoms with van der Waals surface area (Å²) in [6.07, 6.45) is 2.28. The normalized spacial score (nSPS) is 15.1. The Hall–Kier alpha value is -4.02. The minimum absolute atomic E-state index is 0.0247. The Kier molecular flexibility index (Phi) is 6.53. The summed E-state index contributed by atoms with van der Waals surface area (Å²) in [4.78, 5) is 16.7. The number of aromatic nitrogens is 2. The van der Waals surface area contributed by atoms with Crippen LogP contribution in [0.5, 0.6) is 0 Å². The second-order valence-electron chi connectivity index (χ2n) is 9.48.